The van der Waals surface area contributed by atoms with Crippen molar-refractivity contribution in [3.63, 3.8) is 0 Å². The number of methoxy groups -OCH3 is 1. The van der Waals surface area contributed by atoms with Crippen molar-refractivity contribution in [2.45, 2.75) is 0 Å². The number of rotatable bonds is 3. The van der Waals surface area contributed by atoms with Gasteiger partial charge >= 0.3 is 0 Å². The quantitative estimate of drug-likeness (QED) is 0.609. The molecule has 1 aromatic heterocycles. The topological polar surface area (TPSA) is 63.0 Å². The molecule has 0 spiro atoms. The maximum atomic E-state index is 11.0. The number of carbonyl (C=O) groups excluding carboxylic acids is 1. The first-order valence-corrected chi connectivity index (χ1v) is 5.28. The van der Waals surface area contributed by atoms with E-state index in [1.54, 1.807) is 19.2 Å². The molecule has 0 saturated carbocycles. The highest BCUT2D eigenvalue weighted by atomic mass is 16.5. The lowest BCUT2D eigenvalue weighted by Gasteiger charge is -2.04. The zero-order chi connectivity index (χ0) is 13.0. The zero-order valence-electron chi connectivity index (χ0n) is 9.75. The first-order chi connectivity index (χ1) is 8.78. The highest BCUT2D eigenvalue weighted by Crippen LogP contribution is 2.21. The molecule has 4 heteroatoms. The number of hydrogen-bond acceptors (Lipinski definition) is 4. The SMILES string of the molecule is COc1ccc2cc(C=O)c(/C=C/C#N)nc2c1. The molecule has 0 aliphatic heterocycles. The molecule has 0 aliphatic carbocycles. The smallest absolute Gasteiger partial charge is 0.152 e. The summed E-state index contributed by atoms with van der Waals surface area (Å²) in [6.45, 7) is 0. The number of fused-ring (bicyclic) bond motifs is 1. The number of aldehydes is 1. The van der Waals surface area contributed by atoms with Gasteiger partial charge in [0.15, 0.2) is 6.29 Å². The van der Waals surface area contributed by atoms with Crippen LogP contribution in [0.1, 0.15) is 16.1 Å². The van der Waals surface area contributed by atoms with Gasteiger partial charge in [0, 0.05) is 23.1 Å². The van der Waals surface area contributed by atoms with Crippen LogP contribution in [0.15, 0.2) is 30.3 Å². The molecule has 0 aliphatic rings. The Balaban J connectivity index is 2.66. The van der Waals surface area contributed by atoms with Gasteiger partial charge in [-0.25, -0.2) is 4.98 Å². The van der Waals surface area contributed by atoms with Gasteiger partial charge in [-0.15, -0.1) is 0 Å². The van der Waals surface area contributed by atoms with Crippen LogP contribution in [0.4, 0.5) is 0 Å². The van der Waals surface area contributed by atoms with Gasteiger partial charge in [0.25, 0.3) is 0 Å². The maximum Gasteiger partial charge on any atom is 0.152 e. The highest BCUT2D eigenvalue weighted by Gasteiger charge is 2.05. The fourth-order valence-corrected chi connectivity index (χ4v) is 1.65. The minimum atomic E-state index is 0.458. The maximum absolute atomic E-state index is 11.0. The standard InChI is InChI=1S/C14H10N2O2/c1-18-12-5-4-10-7-11(9-17)13(3-2-6-15)16-14(10)8-12/h2-5,7-9H,1H3/b3-2+. The second kappa shape index (κ2) is 5.11. The molecule has 0 radical (unpaired) electrons. The number of allylic oxidation sites excluding steroid dienone is 1. The van der Waals surface area contributed by atoms with E-state index in [4.69, 9.17) is 10.00 Å². The van der Waals surface area contributed by atoms with E-state index in [0.29, 0.717) is 17.0 Å². The van der Waals surface area contributed by atoms with Crippen LogP contribution in [0.5, 0.6) is 5.75 Å². The Labute approximate surface area is 104 Å². The summed E-state index contributed by atoms with van der Waals surface area (Å²) in [6.07, 6.45) is 3.54. The Morgan fingerprint density at radius 2 is 2.22 bits per heavy atom. The molecule has 2 rings (SSSR count). The van der Waals surface area contributed by atoms with Crippen LogP contribution in [-0.2, 0) is 0 Å². The van der Waals surface area contributed by atoms with Crippen LogP contribution >= 0.6 is 0 Å². The number of ether oxygens (including phenoxy) is 1. The third kappa shape index (κ3) is 2.20. The van der Waals surface area contributed by atoms with E-state index in [2.05, 4.69) is 4.98 Å². The molecule has 4 nitrogen and oxygen atoms in total. The van der Waals surface area contributed by atoms with E-state index in [9.17, 15) is 4.79 Å². The Morgan fingerprint density at radius 1 is 1.39 bits per heavy atom. The van der Waals surface area contributed by atoms with Crippen molar-refractivity contribution in [3.8, 4) is 11.8 Å². The van der Waals surface area contributed by atoms with Gasteiger partial charge in [-0.3, -0.25) is 4.79 Å². The Bertz CT molecular complexity index is 669. The molecular formula is C14H10N2O2. The average Bonchev–Trinajstić information content (AvgIpc) is 2.43. The molecule has 0 saturated heterocycles. The van der Waals surface area contributed by atoms with Gasteiger partial charge in [0.1, 0.15) is 5.75 Å². The van der Waals surface area contributed by atoms with Crippen LogP contribution in [-0.4, -0.2) is 18.4 Å². The Kier molecular flexibility index (Phi) is 3.35. The predicted molar refractivity (Wildman–Crippen MR) is 68.3 cm³/mol. The molecule has 2 aromatic rings. The van der Waals surface area contributed by atoms with E-state index >= 15 is 0 Å². The summed E-state index contributed by atoms with van der Waals surface area (Å²) in [5.74, 6) is 0.698. The Morgan fingerprint density at radius 3 is 2.89 bits per heavy atom. The minimum Gasteiger partial charge on any atom is -0.497 e. The number of benzene rings is 1. The van der Waals surface area contributed by atoms with E-state index in [1.165, 1.54) is 12.2 Å². The number of nitriles is 1. The molecule has 0 unspecified atom stereocenters. The normalized spacial score (nSPS) is 10.4. The zero-order valence-corrected chi connectivity index (χ0v) is 9.75. The number of pyridine rings is 1. The van der Waals surface area contributed by atoms with Gasteiger partial charge in [-0.1, -0.05) is 0 Å². The second-order valence-corrected chi connectivity index (χ2v) is 3.60. The minimum absolute atomic E-state index is 0.458. The van der Waals surface area contributed by atoms with Gasteiger partial charge < -0.3 is 4.74 Å². The molecule has 0 bridgehead atoms. The summed E-state index contributed by atoms with van der Waals surface area (Å²) < 4.78 is 5.12. The first-order valence-electron chi connectivity index (χ1n) is 5.28. The van der Waals surface area contributed by atoms with E-state index in [1.807, 2.05) is 18.2 Å². The van der Waals surface area contributed by atoms with E-state index in [-0.39, 0.29) is 0 Å². The molecule has 0 N–H and O–H groups in total. The summed E-state index contributed by atoms with van der Waals surface area (Å²) in [5.41, 5.74) is 1.66. The summed E-state index contributed by atoms with van der Waals surface area (Å²) in [4.78, 5) is 15.3. The molecule has 0 fully saturated rings. The summed E-state index contributed by atoms with van der Waals surface area (Å²) in [7, 11) is 1.58. The van der Waals surface area contributed by atoms with Crippen molar-refractivity contribution in [2.75, 3.05) is 7.11 Å². The largest absolute Gasteiger partial charge is 0.497 e. The van der Waals surface area contributed by atoms with Gasteiger partial charge in [-0.05, 0) is 24.3 Å². The highest BCUT2D eigenvalue weighted by molar-refractivity contribution is 5.90. The van der Waals surface area contributed by atoms with E-state index in [0.717, 1.165) is 17.2 Å². The van der Waals surface area contributed by atoms with Crippen LogP contribution < -0.4 is 4.74 Å². The third-order valence-corrected chi connectivity index (χ3v) is 2.53. The summed E-state index contributed by atoms with van der Waals surface area (Å²) in [6, 6.07) is 9.05. The molecule has 88 valence electrons. The van der Waals surface area contributed by atoms with Gasteiger partial charge in [0.2, 0.25) is 0 Å². The van der Waals surface area contributed by atoms with Crippen molar-refractivity contribution >= 4 is 23.3 Å². The fourth-order valence-electron chi connectivity index (χ4n) is 1.65. The van der Waals surface area contributed by atoms with Gasteiger partial charge in [0.05, 0.1) is 24.4 Å². The van der Waals surface area contributed by atoms with Crippen LogP contribution in [0.25, 0.3) is 17.0 Å². The lowest BCUT2D eigenvalue weighted by Crippen LogP contribution is -1.93. The van der Waals surface area contributed by atoms with Crippen molar-refractivity contribution < 1.29 is 9.53 Å². The fraction of sp³-hybridized carbons (Fsp3) is 0.0714. The monoisotopic (exact) mass is 238 g/mol. The summed E-state index contributed by atoms with van der Waals surface area (Å²) >= 11 is 0. The number of aromatic nitrogens is 1. The Hall–Kier alpha value is -2.67. The predicted octanol–water partition coefficient (Wildman–Crippen LogP) is 2.59. The number of hydrogen-bond donors (Lipinski definition) is 0. The molecule has 0 amide bonds. The average molecular weight is 238 g/mol. The third-order valence-electron chi connectivity index (χ3n) is 2.53. The molecule has 18 heavy (non-hydrogen) atoms. The second-order valence-electron chi connectivity index (χ2n) is 3.60. The molecular weight excluding hydrogens is 228 g/mol. The van der Waals surface area contributed by atoms with Crippen molar-refractivity contribution in [1.29, 1.82) is 5.26 Å². The van der Waals surface area contributed by atoms with Crippen molar-refractivity contribution in [2.24, 2.45) is 0 Å². The van der Waals surface area contributed by atoms with E-state index < -0.39 is 0 Å². The van der Waals surface area contributed by atoms with Gasteiger partial charge in [-0.2, -0.15) is 5.26 Å². The lowest BCUT2D eigenvalue weighted by molar-refractivity contribution is 0.112. The first kappa shape index (κ1) is 11.8. The molecule has 1 heterocycles. The van der Waals surface area contributed by atoms with Crippen LogP contribution in [0.3, 0.4) is 0 Å². The van der Waals surface area contributed by atoms with Crippen molar-refractivity contribution in [3.05, 3.63) is 41.6 Å². The molecule has 1 aromatic carbocycles. The van der Waals surface area contributed by atoms with Crippen LogP contribution in [0.2, 0.25) is 0 Å². The number of carbonyl (C=O) groups is 1. The molecule has 0 atom stereocenters. The van der Waals surface area contributed by atoms with Crippen LogP contribution in [0, 0.1) is 11.3 Å². The summed E-state index contributed by atoms with van der Waals surface area (Å²) in [5, 5.41) is 9.37. The lowest BCUT2D eigenvalue weighted by atomic mass is 10.1. The number of nitrogens with zero attached hydrogens (tertiary/aromatic N) is 2. The van der Waals surface area contributed by atoms with Crippen molar-refractivity contribution in [1.82, 2.24) is 4.98 Å².